The summed E-state index contributed by atoms with van der Waals surface area (Å²) in [4.78, 5) is 30.2. The number of aliphatic hydroxyl groups is 1. The molecular weight excluding hydrogens is 448 g/mol. The average molecular weight is 481 g/mol. The van der Waals surface area contributed by atoms with E-state index in [1.54, 1.807) is 48.4 Å². The fourth-order valence-corrected chi connectivity index (χ4v) is 4.59. The van der Waals surface area contributed by atoms with Crippen molar-refractivity contribution in [3.8, 4) is 11.5 Å². The SMILES string of the molecule is CCOc1ccc(C(O)=C2C(=O)C(=O)N(CCCN3CCOCC3)[C@H]2c2cccc(OC)c2)cc1. The first-order valence-corrected chi connectivity index (χ1v) is 12.0. The molecule has 2 fully saturated rings. The van der Waals surface area contributed by atoms with E-state index in [9.17, 15) is 14.7 Å². The minimum absolute atomic E-state index is 0.0822. The number of amides is 1. The Kier molecular flexibility index (Phi) is 8.05. The Labute approximate surface area is 205 Å². The van der Waals surface area contributed by atoms with E-state index >= 15 is 0 Å². The monoisotopic (exact) mass is 480 g/mol. The van der Waals surface area contributed by atoms with Gasteiger partial charge in [-0.2, -0.15) is 0 Å². The van der Waals surface area contributed by atoms with E-state index in [2.05, 4.69) is 4.90 Å². The van der Waals surface area contributed by atoms with Crippen LogP contribution in [-0.2, 0) is 14.3 Å². The predicted octanol–water partition coefficient (Wildman–Crippen LogP) is 3.24. The maximum absolute atomic E-state index is 13.2. The minimum atomic E-state index is -0.707. The summed E-state index contributed by atoms with van der Waals surface area (Å²) < 4.78 is 16.3. The van der Waals surface area contributed by atoms with E-state index in [1.165, 1.54) is 0 Å². The summed E-state index contributed by atoms with van der Waals surface area (Å²) in [5.41, 5.74) is 1.24. The van der Waals surface area contributed by atoms with Crippen LogP contribution in [0.15, 0.2) is 54.1 Å². The van der Waals surface area contributed by atoms with E-state index in [1.807, 2.05) is 19.1 Å². The summed E-state index contributed by atoms with van der Waals surface area (Å²) in [6, 6.07) is 13.4. The Hall–Kier alpha value is -3.36. The zero-order valence-electron chi connectivity index (χ0n) is 20.2. The molecule has 2 saturated heterocycles. The Bertz CT molecular complexity index is 1080. The van der Waals surface area contributed by atoms with E-state index in [0.717, 1.165) is 19.6 Å². The molecule has 1 N–H and O–H groups in total. The van der Waals surface area contributed by atoms with Crippen LogP contribution in [0.2, 0.25) is 0 Å². The number of carbonyl (C=O) groups is 2. The van der Waals surface area contributed by atoms with Crippen molar-refractivity contribution in [2.75, 3.05) is 53.1 Å². The van der Waals surface area contributed by atoms with E-state index in [0.29, 0.717) is 55.4 Å². The number of hydrogen-bond donors (Lipinski definition) is 1. The minimum Gasteiger partial charge on any atom is -0.507 e. The first-order chi connectivity index (χ1) is 17.0. The molecule has 186 valence electrons. The molecule has 2 aromatic carbocycles. The topological polar surface area (TPSA) is 88.5 Å². The maximum atomic E-state index is 13.2. The third-order valence-corrected chi connectivity index (χ3v) is 6.37. The molecule has 8 heteroatoms. The molecule has 2 aliphatic heterocycles. The predicted molar refractivity (Wildman–Crippen MR) is 131 cm³/mol. The van der Waals surface area contributed by atoms with Gasteiger partial charge in [-0.05, 0) is 55.3 Å². The van der Waals surface area contributed by atoms with Crippen LogP contribution in [0.3, 0.4) is 0 Å². The lowest BCUT2D eigenvalue weighted by molar-refractivity contribution is -0.140. The van der Waals surface area contributed by atoms with Gasteiger partial charge >= 0.3 is 0 Å². The Morgan fingerprint density at radius 3 is 2.49 bits per heavy atom. The van der Waals surface area contributed by atoms with Crippen LogP contribution in [-0.4, -0.2) is 79.7 Å². The lowest BCUT2D eigenvalue weighted by atomic mass is 9.95. The van der Waals surface area contributed by atoms with Gasteiger partial charge in [0.05, 0.1) is 38.5 Å². The normalized spacial score (nSPS) is 20.3. The largest absolute Gasteiger partial charge is 0.507 e. The van der Waals surface area contributed by atoms with Gasteiger partial charge in [-0.25, -0.2) is 0 Å². The number of carbonyl (C=O) groups excluding carboxylic acids is 2. The molecule has 2 heterocycles. The molecule has 0 aromatic heterocycles. The smallest absolute Gasteiger partial charge is 0.295 e. The van der Waals surface area contributed by atoms with Crippen molar-refractivity contribution in [2.24, 2.45) is 0 Å². The molecule has 2 aromatic rings. The van der Waals surface area contributed by atoms with E-state index in [-0.39, 0.29) is 11.3 Å². The highest BCUT2D eigenvalue weighted by Gasteiger charge is 2.46. The van der Waals surface area contributed by atoms with Gasteiger partial charge in [-0.3, -0.25) is 14.5 Å². The van der Waals surface area contributed by atoms with Crippen molar-refractivity contribution >= 4 is 17.4 Å². The highest BCUT2D eigenvalue weighted by molar-refractivity contribution is 6.46. The number of Topliss-reactive ketones (excluding diaryl/α,β-unsaturated/α-hetero) is 1. The van der Waals surface area contributed by atoms with Gasteiger partial charge in [0.2, 0.25) is 0 Å². The summed E-state index contributed by atoms with van der Waals surface area (Å²) in [5.74, 6) is -0.211. The first kappa shape index (κ1) is 24.8. The summed E-state index contributed by atoms with van der Waals surface area (Å²) in [5, 5.41) is 11.2. The summed E-state index contributed by atoms with van der Waals surface area (Å²) in [7, 11) is 1.57. The van der Waals surface area contributed by atoms with Crippen LogP contribution in [0.1, 0.15) is 30.5 Å². The fraction of sp³-hybridized carbons (Fsp3) is 0.407. The van der Waals surface area contributed by atoms with Gasteiger partial charge in [-0.15, -0.1) is 0 Å². The Morgan fingerprint density at radius 2 is 1.80 bits per heavy atom. The number of ketones is 1. The van der Waals surface area contributed by atoms with E-state index in [4.69, 9.17) is 14.2 Å². The van der Waals surface area contributed by atoms with Crippen molar-refractivity contribution in [3.05, 3.63) is 65.2 Å². The van der Waals surface area contributed by atoms with Crippen LogP contribution in [0.5, 0.6) is 11.5 Å². The Balaban J connectivity index is 1.67. The quantitative estimate of drug-likeness (QED) is 0.335. The molecule has 0 radical (unpaired) electrons. The van der Waals surface area contributed by atoms with Crippen LogP contribution in [0.4, 0.5) is 0 Å². The number of benzene rings is 2. The molecule has 0 unspecified atom stereocenters. The van der Waals surface area contributed by atoms with Crippen molar-refractivity contribution in [2.45, 2.75) is 19.4 Å². The number of aliphatic hydroxyl groups excluding tert-OH is 1. The second-order valence-electron chi connectivity index (χ2n) is 8.53. The molecule has 0 saturated carbocycles. The summed E-state index contributed by atoms with van der Waals surface area (Å²) in [6.45, 7) is 6.73. The molecule has 2 aliphatic rings. The number of hydrogen-bond acceptors (Lipinski definition) is 7. The third-order valence-electron chi connectivity index (χ3n) is 6.37. The third kappa shape index (κ3) is 5.49. The molecule has 0 spiro atoms. The van der Waals surface area contributed by atoms with Gasteiger partial charge in [0.1, 0.15) is 17.3 Å². The van der Waals surface area contributed by atoms with Crippen LogP contribution in [0.25, 0.3) is 5.76 Å². The maximum Gasteiger partial charge on any atom is 0.295 e. The molecule has 8 nitrogen and oxygen atoms in total. The molecule has 4 rings (SSSR count). The lowest BCUT2D eigenvalue weighted by Gasteiger charge is -2.29. The number of methoxy groups -OCH3 is 1. The zero-order valence-corrected chi connectivity index (χ0v) is 20.2. The number of likely N-dealkylation sites (tertiary alicyclic amines) is 1. The van der Waals surface area contributed by atoms with Crippen molar-refractivity contribution in [1.82, 2.24) is 9.80 Å². The van der Waals surface area contributed by atoms with Gasteiger partial charge in [0, 0.05) is 31.7 Å². The zero-order chi connectivity index (χ0) is 24.8. The molecule has 0 bridgehead atoms. The molecule has 1 amide bonds. The second kappa shape index (κ2) is 11.4. The molecule has 1 atom stereocenters. The van der Waals surface area contributed by atoms with Crippen LogP contribution < -0.4 is 9.47 Å². The average Bonchev–Trinajstić information content (AvgIpc) is 3.14. The van der Waals surface area contributed by atoms with Crippen molar-refractivity contribution in [1.29, 1.82) is 0 Å². The summed E-state index contributed by atoms with van der Waals surface area (Å²) >= 11 is 0. The van der Waals surface area contributed by atoms with E-state index < -0.39 is 17.7 Å². The number of morpholine rings is 1. The van der Waals surface area contributed by atoms with Crippen molar-refractivity contribution in [3.63, 3.8) is 0 Å². The highest BCUT2D eigenvalue weighted by atomic mass is 16.5. The van der Waals surface area contributed by atoms with Crippen LogP contribution >= 0.6 is 0 Å². The van der Waals surface area contributed by atoms with Crippen LogP contribution in [0, 0.1) is 0 Å². The first-order valence-electron chi connectivity index (χ1n) is 12.0. The second-order valence-corrected chi connectivity index (χ2v) is 8.53. The van der Waals surface area contributed by atoms with Gasteiger partial charge in [0.25, 0.3) is 11.7 Å². The standard InChI is InChI=1S/C27H32N2O6/c1-3-35-21-10-8-19(9-11-21)25(30)23-24(20-6-4-7-22(18-20)33-2)29(27(32)26(23)31)13-5-12-28-14-16-34-17-15-28/h4,6-11,18,24,30H,3,5,12-17H2,1-2H3/t24-/m0/s1. The lowest BCUT2D eigenvalue weighted by Crippen LogP contribution is -2.38. The fourth-order valence-electron chi connectivity index (χ4n) is 4.59. The highest BCUT2D eigenvalue weighted by Crippen LogP contribution is 2.40. The molecule has 0 aliphatic carbocycles. The van der Waals surface area contributed by atoms with Gasteiger partial charge in [-0.1, -0.05) is 12.1 Å². The van der Waals surface area contributed by atoms with Gasteiger partial charge in [0.15, 0.2) is 0 Å². The molecular formula is C27H32N2O6. The number of nitrogens with zero attached hydrogens (tertiary/aromatic N) is 2. The Morgan fingerprint density at radius 1 is 1.06 bits per heavy atom. The number of rotatable bonds is 9. The van der Waals surface area contributed by atoms with Gasteiger partial charge < -0.3 is 24.2 Å². The van der Waals surface area contributed by atoms with Crippen molar-refractivity contribution < 1.29 is 28.9 Å². The summed E-state index contributed by atoms with van der Waals surface area (Å²) in [6.07, 6.45) is 0.705. The molecule has 35 heavy (non-hydrogen) atoms. The number of ether oxygens (including phenoxy) is 3.